The number of carbonyl (C=O) groups is 3. The van der Waals surface area contributed by atoms with Crippen LogP contribution >= 0.6 is 0 Å². The van der Waals surface area contributed by atoms with E-state index in [1.807, 2.05) is 0 Å². The van der Waals surface area contributed by atoms with Gasteiger partial charge in [0.15, 0.2) is 11.5 Å². The number of nitrogens with two attached hydrogens (primary N) is 1. The van der Waals surface area contributed by atoms with Gasteiger partial charge in [0.2, 0.25) is 0 Å². The molecule has 1 aliphatic heterocycles. The van der Waals surface area contributed by atoms with Crippen LogP contribution in [0.1, 0.15) is 30.8 Å². The van der Waals surface area contributed by atoms with Crippen LogP contribution in [-0.4, -0.2) is 47.2 Å². The Hall–Kier alpha value is -3.17. The van der Waals surface area contributed by atoms with Gasteiger partial charge in [-0.25, -0.2) is 24.4 Å². The lowest BCUT2D eigenvalue weighted by Gasteiger charge is -2.28. The third kappa shape index (κ3) is 4.22. The molecule has 2 rings (SSSR count). The Kier molecular flexibility index (Phi) is 5.88. The number of aromatic nitrogens is 2. The van der Waals surface area contributed by atoms with Crippen LogP contribution in [0.3, 0.4) is 0 Å². The highest BCUT2D eigenvalue weighted by molar-refractivity contribution is 5.95. The molecule has 0 aliphatic carbocycles. The van der Waals surface area contributed by atoms with E-state index in [-0.39, 0.29) is 36.0 Å². The number of esters is 2. The summed E-state index contributed by atoms with van der Waals surface area (Å²) in [5.74, 6) is -1.48. The average Bonchev–Trinajstić information content (AvgIpc) is 2.59. The molecule has 0 saturated heterocycles. The lowest BCUT2D eigenvalue weighted by atomic mass is 10.0. The van der Waals surface area contributed by atoms with Gasteiger partial charge in [-0.2, -0.15) is 0 Å². The van der Waals surface area contributed by atoms with E-state index in [0.717, 1.165) is 0 Å². The lowest BCUT2D eigenvalue weighted by Crippen LogP contribution is -2.51. The van der Waals surface area contributed by atoms with Gasteiger partial charge in [0.1, 0.15) is 6.61 Å². The molecular formula is C15H19N5O5. The van der Waals surface area contributed by atoms with Crippen LogP contribution in [0.4, 0.5) is 10.6 Å². The van der Waals surface area contributed by atoms with Crippen LogP contribution in [0.25, 0.3) is 0 Å². The molecule has 25 heavy (non-hydrogen) atoms. The van der Waals surface area contributed by atoms with Crippen LogP contribution in [0.5, 0.6) is 0 Å². The van der Waals surface area contributed by atoms with E-state index < -0.39 is 24.0 Å². The molecule has 0 aromatic carbocycles. The number of carbonyl (C=O) groups excluding carboxylic acids is 3. The summed E-state index contributed by atoms with van der Waals surface area (Å²) in [5, 5.41) is 5.10. The van der Waals surface area contributed by atoms with Gasteiger partial charge in [0.25, 0.3) is 0 Å². The smallest absolute Gasteiger partial charge is 0.361 e. The predicted molar refractivity (Wildman–Crippen MR) is 86.1 cm³/mol. The van der Waals surface area contributed by atoms with Gasteiger partial charge in [-0.3, -0.25) is 0 Å². The second-order valence-corrected chi connectivity index (χ2v) is 5.04. The molecule has 0 spiro atoms. The number of urea groups is 1. The molecule has 2 heterocycles. The Morgan fingerprint density at radius 2 is 1.92 bits per heavy atom. The van der Waals surface area contributed by atoms with Crippen molar-refractivity contribution in [3.05, 3.63) is 29.4 Å². The molecule has 1 aromatic heterocycles. The summed E-state index contributed by atoms with van der Waals surface area (Å²) in [4.78, 5) is 43.6. The Bertz CT molecular complexity index is 718. The Balaban J connectivity index is 2.22. The van der Waals surface area contributed by atoms with Crippen molar-refractivity contribution in [2.75, 3.05) is 18.9 Å². The van der Waals surface area contributed by atoms with E-state index in [9.17, 15) is 14.4 Å². The number of nitrogens with zero attached hydrogens (tertiary/aromatic N) is 2. The predicted octanol–water partition coefficient (Wildman–Crippen LogP) is 0.124. The van der Waals surface area contributed by atoms with E-state index >= 15 is 0 Å². The van der Waals surface area contributed by atoms with E-state index in [0.29, 0.717) is 6.42 Å². The van der Waals surface area contributed by atoms with Crippen molar-refractivity contribution in [1.29, 1.82) is 0 Å². The van der Waals surface area contributed by atoms with E-state index in [1.54, 1.807) is 13.8 Å². The first-order chi connectivity index (χ1) is 12.0. The molecule has 10 nitrogen and oxygen atoms in total. The first kappa shape index (κ1) is 18.2. The molecule has 134 valence electrons. The van der Waals surface area contributed by atoms with Gasteiger partial charge in [-0.1, -0.05) is 6.92 Å². The Morgan fingerprint density at radius 1 is 1.20 bits per heavy atom. The van der Waals surface area contributed by atoms with Gasteiger partial charge >= 0.3 is 18.0 Å². The third-order valence-corrected chi connectivity index (χ3v) is 3.41. The zero-order valence-electron chi connectivity index (χ0n) is 13.9. The van der Waals surface area contributed by atoms with Crippen LogP contribution in [-0.2, 0) is 14.3 Å². The van der Waals surface area contributed by atoms with Crippen molar-refractivity contribution in [2.45, 2.75) is 26.3 Å². The summed E-state index contributed by atoms with van der Waals surface area (Å²) in [7, 11) is 0. The first-order valence-electron chi connectivity index (χ1n) is 7.69. The molecule has 0 saturated carbocycles. The lowest BCUT2D eigenvalue weighted by molar-refractivity contribution is -0.139. The Morgan fingerprint density at radius 3 is 2.56 bits per heavy atom. The zero-order chi connectivity index (χ0) is 18.4. The number of rotatable bonds is 6. The molecule has 10 heteroatoms. The van der Waals surface area contributed by atoms with Gasteiger partial charge in [-0.05, 0) is 13.3 Å². The summed E-state index contributed by atoms with van der Waals surface area (Å²) < 4.78 is 10.1. The Labute approximate surface area is 143 Å². The molecule has 0 unspecified atom stereocenters. The van der Waals surface area contributed by atoms with Crippen LogP contribution in [0, 0.1) is 0 Å². The molecular weight excluding hydrogens is 330 g/mol. The molecule has 1 aliphatic rings. The number of nitrogen functional groups attached to an aromatic ring is 1. The van der Waals surface area contributed by atoms with Crippen molar-refractivity contribution in [3.63, 3.8) is 0 Å². The summed E-state index contributed by atoms with van der Waals surface area (Å²) in [6.07, 6.45) is 3.11. The fraction of sp³-hybridized carbons (Fsp3) is 0.400. The van der Waals surface area contributed by atoms with Crippen molar-refractivity contribution in [3.8, 4) is 0 Å². The average molecular weight is 349 g/mol. The largest absolute Gasteiger partial charge is 0.463 e. The number of anilines is 1. The summed E-state index contributed by atoms with van der Waals surface area (Å²) in [6.45, 7) is 3.31. The number of hydrogen-bond donors (Lipinski definition) is 3. The molecule has 1 atom stereocenters. The molecule has 0 fully saturated rings. The highest BCUT2D eigenvalue weighted by Gasteiger charge is 2.32. The highest BCUT2D eigenvalue weighted by Crippen LogP contribution is 2.18. The topological polar surface area (TPSA) is 146 Å². The van der Waals surface area contributed by atoms with Gasteiger partial charge < -0.3 is 25.8 Å². The minimum atomic E-state index is -0.817. The number of ether oxygens (including phenoxy) is 2. The molecule has 4 N–H and O–H groups in total. The van der Waals surface area contributed by atoms with Crippen molar-refractivity contribution >= 4 is 23.8 Å². The minimum Gasteiger partial charge on any atom is -0.463 e. The molecule has 1 aromatic rings. The zero-order valence-corrected chi connectivity index (χ0v) is 13.9. The normalized spacial score (nSPS) is 16.7. The van der Waals surface area contributed by atoms with Gasteiger partial charge in [0, 0.05) is 12.4 Å². The SMILES string of the molecule is CCOC(=O)C1=C(COC(=O)c2nccnc2N)NC(=O)N[C@@H]1CC. The number of amides is 2. The van der Waals surface area contributed by atoms with Crippen molar-refractivity contribution < 1.29 is 23.9 Å². The van der Waals surface area contributed by atoms with Crippen molar-refractivity contribution in [2.24, 2.45) is 0 Å². The van der Waals surface area contributed by atoms with E-state index in [1.165, 1.54) is 12.4 Å². The maximum absolute atomic E-state index is 12.2. The maximum atomic E-state index is 12.2. The number of nitrogens with one attached hydrogen (secondary N) is 2. The first-order valence-corrected chi connectivity index (χ1v) is 7.69. The fourth-order valence-corrected chi connectivity index (χ4v) is 2.29. The third-order valence-electron chi connectivity index (χ3n) is 3.41. The van der Waals surface area contributed by atoms with Gasteiger partial charge in [-0.15, -0.1) is 0 Å². The molecule has 0 radical (unpaired) electrons. The van der Waals surface area contributed by atoms with Gasteiger partial charge in [0.05, 0.1) is 23.9 Å². The van der Waals surface area contributed by atoms with E-state index in [2.05, 4.69) is 20.6 Å². The second kappa shape index (κ2) is 8.08. The number of hydrogen-bond acceptors (Lipinski definition) is 8. The fourth-order valence-electron chi connectivity index (χ4n) is 2.29. The minimum absolute atomic E-state index is 0.0760. The van der Waals surface area contributed by atoms with Crippen LogP contribution in [0.2, 0.25) is 0 Å². The molecule has 2 amide bonds. The summed E-state index contributed by atoms with van der Waals surface area (Å²) >= 11 is 0. The maximum Gasteiger partial charge on any atom is 0.361 e. The highest BCUT2D eigenvalue weighted by atomic mass is 16.5. The monoisotopic (exact) mass is 349 g/mol. The van der Waals surface area contributed by atoms with Crippen LogP contribution in [0.15, 0.2) is 23.7 Å². The summed E-state index contributed by atoms with van der Waals surface area (Å²) in [5.41, 5.74) is 5.79. The van der Waals surface area contributed by atoms with E-state index in [4.69, 9.17) is 15.2 Å². The summed E-state index contributed by atoms with van der Waals surface area (Å²) in [6, 6.07) is -1.03. The quantitative estimate of drug-likeness (QED) is 0.614. The standard InChI is InChI=1S/C15H19N5O5/c1-3-8-10(13(21)24-4-2)9(20-15(23)19-8)7-25-14(22)11-12(16)18-6-5-17-11/h5-6,8H,3-4,7H2,1-2H3,(H2,16,18)(H2,19,20,23)/t8-/m1/s1. The molecule has 0 bridgehead atoms. The second-order valence-electron chi connectivity index (χ2n) is 5.04. The van der Waals surface area contributed by atoms with Crippen LogP contribution < -0.4 is 16.4 Å². The van der Waals surface area contributed by atoms with Crippen molar-refractivity contribution in [1.82, 2.24) is 20.6 Å².